The molecular weight excluding hydrogens is 350 g/mol. The van der Waals surface area contributed by atoms with Gasteiger partial charge in [-0.05, 0) is 24.3 Å². The first-order chi connectivity index (χ1) is 11.8. The lowest BCUT2D eigenvalue weighted by molar-refractivity contribution is -0.384. The van der Waals surface area contributed by atoms with Gasteiger partial charge in [0.2, 0.25) is 5.91 Å². The molecule has 0 unspecified atom stereocenters. The summed E-state index contributed by atoms with van der Waals surface area (Å²) < 4.78 is 5.17. The Morgan fingerprint density at radius 1 is 1.16 bits per heavy atom. The zero-order chi connectivity index (χ0) is 18.6. The molecule has 0 aliphatic carbocycles. The number of benzene rings is 2. The van der Waals surface area contributed by atoms with Gasteiger partial charge in [0.05, 0.1) is 28.3 Å². The molecule has 2 rings (SSSR count). The number of amides is 2. The maximum absolute atomic E-state index is 12.5. The molecule has 0 aliphatic rings. The van der Waals surface area contributed by atoms with E-state index in [1.54, 1.807) is 12.1 Å². The number of nitrogens with one attached hydrogen (secondary N) is 2. The fraction of sp³-hybridized carbons (Fsp3) is 0.125. The number of non-ortho nitro benzene ring substituents is 1. The minimum absolute atomic E-state index is 0.0529. The van der Waals surface area contributed by atoms with Crippen molar-refractivity contribution in [2.45, 2.75) is 6.92 Å². The van der Waals surface area contributed by atoms with Crippen molar-refractivity contribution >= 4 is 40.5 Å². The number of methoxy groups -OCH3 is 1. The van der Waals surface area contributed by atoms with E-state index in [1.807, 2.05) is 0 Å². The summed E-state index contributed by atoms with van der Waals surface area (Å²) in [6.45, 7) is 1.35. The van der Waals surface area contributed by atoms with Crippen LogP contribution < -0.4 is 15.4 Å². The van der Waals surface area contributed by atoms with Crippen LogP contribution >= 0.6 is 11.6 Å². The highest BCUT2D eigenvalue weighted by Gasteiger charge is 2.17. The smallest absolute Gasteiger partial charge is 0.270 e. The normalized spacial score (nSPS) is 10.0. The lowest BCUT2D eigenvalue weighted by Crippen LogP contribution is -2.14. The van der Waals surface area contributed by atoms with Crippen LogP contribution in [0.1, 0.15) is 17.3 Å². The largest absolute Gasteiger partial charge is 0.495 e. The summed E-state index contributed by atoms with van der Waals surface area (Å²) in [5.74, 6) is -0.569. The molecule has 2 N–H and O–H groups in total. The number of ether oxygens (including phenoxy) is 1. The van der Waals surface area contributed by atoms with Gasteiger partial charge in [-0.15, -0.1) is 0 Å². The quantitative estimate of drug-likeness (QED) is 0.624. The van der Waals surface area contributed by atoms with Gasteiger partial charge in [0.15, 0.2) is 0 Å². The predicted octanol–water partition coefficient (Wildman–Crippen LogP) is 3.47. The zero-order valence-electron chi connectivity index (χ0n) is 13.3. The second-order valence-electron chi connectivity index (χ2n) is 4.97. The van der Waals surface area contributed by atoms with Crippen LogP contribution in [0.4, 0.5) is 17.1 Å². The van der Waals surface area contributed by atoms with Gasteiger partial charge in [-0.3, -0.25) is 19.7 Å². The first kappa shape index (κ1) is 18.2. The van der Waals surface area contributed by atoms with Gasteiger partial charge in [0, 0.05) is 24.7 Å². The lowest BCUT2D eigenvalue weighted by Gasteiger charge is -2.13. The maximum atomic E-state index is 12.5. The van der Waals surface area contributed by atoms with E-state index < -0.39 is 10.8 Å². The fourth-order valence-corrected chi connectivity index (χ4v) is 2.28. The summed E-state index contributed by atoms with van der Waals surface area (Å²) in [7, 11) is 1.42. The second kappa shape index (κ2) is 7.63. The van der Waals surface area contributed by atoms with Crippen molar-refractivity contribution in [1.82, 2.24) is 0 Å². The van der Waals surface area contributed by atoms with Crippen LogP contribution in [-0.4, -0.2) is 23.8 Å². The Bertz CT molecular complexity index is 854. The molecule has 8 nitrogen and oxygen atoms in total. The van der Waals surface area contributed by atoms with Crippen LogP contribution in [0, 0.1) is 10.1 Å². The van der Waals surface area contributed by atoms with Crippen molar-refractivity contribution in [2.24, 2.45) is 0 Å². The highest BCUT2D eigenvalue weighted by Crippen LogP contribution is 2.30. The molecule has 0 spiro atoms. The van der Waals surface area contributed by atoms with Crippen LogP contribution in [0.5, 0.6) is 5.75 Å². The number of carbonyl (C=O) groups excluding carboxylic acids is 2. The van der Waals surface area contributed by atoms with Gasteiger partial charge in [0.25, 0.3) is 11.6 Å². The number of hydrogen-bond donors (Lipinski definition) is 2. The standard InChI is InChI=1S/C16H14ClN3O5/c1-9(21)18-10-3-6-15(25-2)14(7-10)19-16(22)12-8-11(20(23)24)4-5-13(12)17/h3-8H,1-2H3,(H,18,21)(H,19,22). The highest BCUT2D eigenvalue weighted by molar-refractivity contribution is 6.34. The molecule has 0 saturated heterocycles. The van der Waals surface area contributed by atoms with Crippen LogP contribution in [0.15, 0.2) is 36.4 Å². The third-order valence-electron chi connectivity index (χ3n) is 3.17. The predicted molar refractivity (Wildman–Crippen MR) is 93.4 cm³/mol. The summed E-state index contributed by atoms with van der Waals surface area (Å²) in [6, 6.07) is 8.24. The summed E-state index contributed by atoms with van der Waals surface area (Å²) in [6.07, 6.45) is 0. The average Bonchev–Trinajstić information content (AvgIpc) is 2.54. The van der Waals surface area contributed by atoms with Crippen molar-refractivity contribution in [3.8, 4) is 5.75 Å². The molecule has 0 aromatic heterocycles. The highest BCUT2D eigenvalue weighted by atomic mass is 35.5. The van der Waals surface area contributed by atoms with E-state index >= 15 is 0 Å². The van der Waals surface area contributed by atoms with E-state index in [0.29, 0.717) is 11.4 Å². The Morgan fingerprint density at radius 3 is 2.48 bits per heavy atom. The number of hydrogen-bond acceptors (Lipinski definition) is 5. The Kier molecular flexibility index (Phi) is 5.56. The molecule has 0 aliphatic heterocycles. The monoisotopic (exact) mass is 363 g/mol. The van der Waals surface area contributed by atoms with Gasteiger partial charge >= 0.3 is 0 Å². The topological polar surface area (TPSA) is 111 Å². The second-order valence-corrected chi connectivity index (χ2v) is 5.38. The molecular formula is C16H14ClN3O5. The molecule has 0 saturated carbocycles. The van der Waals surface area contributed by atoms with E-state index in [1.165, 1.54) is 32.2 Å². The molecule has 0 atom stereocenters. The van der Waals surface area contributed by atoms with E-state index in [9.17, 15) is 19.7 Å². The zero-order valence-corrected chi connectivity index (χ0v) is 14.1. The van der Waals surface area contributed by atoms with Gasteiger partial charge in [-0.1, -0.05) is 11.6 Å². The summed E-state index contributed by atoms with van der Waals surface area (Å²) in [5, 5.41) is 16.1. The molecule has 130 valence electrons. The van der Waals surface area contributed by atoms with Crippen molar-refractivity contribution in [1.29, 1.82) is 0 Å². The molecule has 0 fully saturated rings. The molecule has 2 aromatic carbocycles. The van der Waals surface area contributed by atoms with Gasteiger partial charge in [-0.25, -0.2) is 0 Å². The van der Waals surface area contributed by atoms with Crippen LogP contribution in [0.2, 0.25) is 5.02 Å². The van der Waals surface area contributed by atoms with Crippen LogP contribution in [0.25, 0.3) is 0 Å². The molecule has 0 radical (unpaired) electrons. The lowest BCUT2D eigenvalue weighted by atomic mass is 10.1. The number of halogens is 1. The number of nitrogens with zero attached hydrogens (tertiary/aromatic N) is 1. The van der Waals surface area contributed by atoms with Crippen molar-refractivity contribution in [2.75, 3.05) is 17.7 Å². The third kappa shape index (κ3) is 4.45. The number of carbonyl (C=O) groups is 2. The number of nitro groups is 1. The van der Waals surface area contributed by atoms with E-state index in [4.69, 9.17) is 16.3 Å². The molecule has 25 heavy (non-hydrogen) atoms. The van der Waals surface area contributed by atoms with Gasteiger partial charge < -0.3 is 15.4 Å². The molecule has 9 heteroatoms. The minimum Gasteiger partial charge on any atom is -0.495 e. The molecule has 0 heterocycles. The summed E-state index contributed by atoms with van der Waals surface area (Å²) >= 11 is 5.96. The Labute approximate surface area is 147 Å². The molecule has 2 aromatic rings. The first-order valence-corrected chi connectivity index (χ1v) is 7.40. The fourth-order valence-electron chi connectivity index (χ4n) is 2.08. The molecule has 2 amide bonds. The minimum atomic E-state index is -0.646. The van der Waals surface area contributed by atoms with E-state index in [-0.39, 0.29) is 27.9 Å². The number of rotatable bonds is 5. The summed E-state index contributed by atoms with van der Waals surface area (Å²) in [4.78, 5) is 33.9. The van der Waals surface area contributed by atoms with E-state index in [0.717, 1.165) is 6.07 Å². The summed E-state index contributed by atoms with van der Waals surface area (Å²) in [5.41, 5.74) is 0.423. The van der Waals surface area contributed by atoms with Gasteiger partial charge in [0.1, 0.15) is 5.75 Å². The van der Waals surface area contributed by atoms with Crippen molar-refractivity contribution < 1.29 is 19.2 Å². The third-order valence-corrected chi connectivity index (χ3v) is 3.50. The average molecular weight is 364 g/mol. The number of nitro benzene ring substituents is 1. The Balaban J connectivity index is 2.35. The first-order valence-electron chi connectivity index (χ1n) is 7.02. The SMILES string of the molecule is COc1ccc(NC(C)=O)cc1NC(=O)c1cc([N+](=O)[O-])ccc1Cl. The molecule has 0 bridgehead atoms. The van der Waals surface area contributed by atoms with E-state index in [2.05, 4.69) is 10.6 Å². The Morgan fingerprint density at radius 2 is 1.88 bits per heavy atom. The van der Waals surface area contributed by atoms with Crippen LogP contribution in [0.3, 0.4) is 0 Å². The maximum Gasteiger partial charge on any atom is 0.270 e. The van der Waals surface area contributed by atoms with Crippen LogP contribution in [-0.2, 0) is 4.79 Å². The van der Waals surface area contributed by atoms with Gasteiger partial charge in [-0.2, -0.15) is 0 Å². The van der Waals surface area contributed by atoms with Crippen molar-refractivity contribution in [3.63, 3.8) is 0 Å². The number of anilines is 2. The van der Waals surface area contributed by atoms with Crippen molar-refractivity contribution in [3.05, 3.63) is 57.1 Å². The Hall–Kier alpha value is -3.13.